The molecule has 7 heteroatoms. The molecule has 1 aliphatic rings. The maximum atomic E-state index is 13.0. The first-order valence-electron chi connectivity index (χ1n) is 9.26. The van der Waals surface area contributed by atoms with Crippen molar-refractivity contribution < 1.29 is 4.79 Å². The summed E-state index contributed by atoms with van der Waals surface area (Å²) in [5.41, 5.74) is 4.21. The first-order valence-corrected chi connectivity index (χ1v) is 9.26. The van der Waals surface area contributed by atoms with Crippen molar-refractivity contribution in [2.45, 2.75) is 25.8 Å². The van der Waals surface area contributed by atoms with Crippen LogP contribution in [-0.2, 0) is 17.6 Å². The summed E-state index contributed by atoms with van der Waals surface area (Å²) >= 11 is 0. The Labute approximate surface area is 178 Å². The Morgan fingerprint density at radius 3 is 2.68 bits per heavy atom. The molecule has 3 heterocycles. The summed E-state index contributed by atoms with van der Waals surface area (Å²) in [4.78, 5) is 19.6. The number of aromatic nitrogens is 2. The third kappa shape index (κ3) is 4.66. The zero-order valence-electron chi connectivity index (χ0n) is 15.9. The van der Waals surface area contributed by atoms with Gasteiger partial charge in [0.15, 0.2) is 0 Å². The van der Waals surface area contributed by atoms with Gasteiger partial charge in [0.1, 0.15) is 5.65 Å². The highest BCUT2D eigenvalue weighted by molar-refractivity contribution is 5.85. The van der Waals surface area contributed by atoms with Gasteiger partial charge < -0.3 is 14.6 Å². The molecular formula is C21H26Cl2N4O. The number of pyridine rings is 1. The Morgan fingerprint density at radius 1 is 1.18 bits per heavy atom. The lowest BCUT2D eigenvalue weighted by molar-refractivity contribution is -0.133. The van der Waals surface area contributed by atoms with Gasteiger partial charge in [0.2, 0.25) is 5.91 Å². The first-order chi connectivity index (χ1) is 12.7. The average molecular weight is 421 g/mol. The van der Waals surface area contributed by atoms with Crippen LogP contribution in [0.4, 0.5) is 0 Å². The minimum Gasteiger partial charge on any atom is -0.333 e. The molecule has 0 radical (unpaired) electrons. The minimum atomic E-state index is 0. The number of amides is 1. The van der Waals surface area contributed by atoms with E-state index in [-0.39, 0.29) is 36.8 Å². The number of aryl methyl sites for hydroxylation is 1. The predicted molar refractivity (Wildman–Crippen MR) is 117 cm³/mol. The number of hydrogen-bond donors (Lipinski definition) is 1. The van der Waals surface area contributed by atoms with Crippen molar-refractivity contribution in [1.82, 2.24) is 19.6 Å². The summed E-state index contributed by atoms with van der Waals surface area (Å²) in [6.07, 6.45) is 5.27. The first kappa shape index (κ1) is 22.2. The number of halogens is 2. The topological polar surface area (TPSA) is 49.6 Å². The summed E-state index contributed by atoms with van der Waals surface area (Å²) < 4.78 is 1.96. The van der Waals surface area contributed by atoms with Gasteiger partial charge in [0, 0.05) is 32.0 Å². The van der Waals surface area contributed by atoms with Gasteiger partial charge in [-0.25, -0.2) is 4.98 Å². The second-order valence-electron chi connectivity index (χ2n) is 6.78. The van der Waals surface area contributed by atoms with Gasteiger partial charge in [-0.3, -0.25) is 4.79 Å². The van der Waals surface area contributed by atoms with Crippen LogP contribution in [0.3, 0.4) is 0 Å². The molecule has 150 valence electrons. The van der Waals surface area contributed by atoms with Crippen molar-refractivity contribution in [3.63, 3.8) is 0 Å². The Balaban J connectivity index is 0.00000140. The Hall–Kier alpha value is -2.08. The van der Waals surface area contributed by atoms with Crippen molar-refractivity contribution in [3.8, 4) is 0 Å². The lowest BCUT2D eigenvalue weighted by atomic mass is 10.0. The molecule has 0 saturated carbocycles. The Kier molecular flexibility index (Phi) is 7.87. The smallest absolute Gasteiger partial charge is 0.229 e. The highest BCUT2D eigenvalue weighted by Gasteiger charge is 2.28. The summed E-state index contributed by atoms with van der Waals surface area (Å²) in [6.45, 7) is 4.51. The number of nitrogens with zero attached hydrogens (tertiary/aromatic N) is 3. The Bertz CT molecular complexity index is 877. The summed E-state index contributed by atoms with van der Waals surface area (Å²) in [6, 6.07) is 14.6. The molecule has 1 atom stereocenters. The van der Waals surface area contributed by atoms with E-state index in [2.05, 4.69) is 41.5 Å². The van der Waals surface area contributed by atoms with Crippen LogP contribution >= 0.6 is 24.8 Å². The molecule has 3 aromatic rings. The molecule has 1 aliphatic heterocycles. The fourth-order valence-electron chi connectivity index (χ4n) is 3.60. The predicted octanol–water partition coefficient (Wildman–Crippen LogP) is 3.46. The molecule has 1 unspecified atom stereocenters. The standard InChI is InChI=1S/C21H24N4O.2ClH/c1-2-16-6-8-17(9-7-16)19-14-22-10-12-25(19)21(26)13-18-15-24-11-4-3-5-20(24)23-18;;/h3-9,11,15,19,22H,2,10,12-14H2,1H3;2*1H. The van der Waals surface area contributed by atoms with E-state index in [4.69, 9.17) is 0 Å². The van der Waals surface area contributed by atoms with Gasteiger partial charge in [0.25, 0.3) is 0 Å². The van der Waals surface area contributed by atoms with Crippen LogP contribution in [0.25, 0.3) is 5.65 Å². The largest absolute Gasteiger partial charge is 0.333 e. The van der Waals surface area contributed by atoms with Gasteiger partial charge in [0.05, 0.1) is 18.2 Å². The van der Waals surface area contributed by atoms with Crippen LogP contribution in [0.2, 0.25) is 0 Å². The number of fused-ring (bicyclic) bond motifs is 1. The molecule has 0 spiro atoms. The van der Waals surface area contributed by atoms with E-state index in [1.807, 2.05) is 39.9 Å². The van der Waals surface area contributed by atoms with Crippen LogP contribution in [-0.4, -0.2) is 39.8 Å². The number of rotatable bonds is 4. The summed E-state index contributed by atoms with van der Waals surface area (Å²) in [5, 5.41) is 3.42. The van der Waals surface area contributed by atoms with Crippen LogP contribution in [0, 0.1) is 0 Å². The quantitative estimate of drug-likeness (QED) is 0.702. The van der Waals surface area contributed by atoms with Crippen LogP contribution in [0.1, 0.15) is 29.8 Å². The highest BCUT2D eigenvalue weighted by Crippen LogP contribution is 2.24. The summed E-state index contributed by atoms with van der Waals surface area (Å²) in [5.74, 6) is 0.138. The molecular weight excluding hydrogens is 395 g/mol. The fourth-order valence-corrected chi connectivity index (χ4v) is 3.60. The van der Waals surface area contributed by atoms with Crippen LogP contribution < -0.4 is 5.32 Å². The number of carbonyl (C=O) groups excluding carboxylic acids is 1. The second kappa shape index (κ2) is 9.92. The zero-order chi connectivity index (χ0) is 17.9. The maximum absolute atomic E-state index is 13.0. The highest BCUT2D eigenvalue weighted by atomic mass is 35.5. The third-order valence-electron chi connectivity index (χ3n) is 5.08. The molecule has 1 fully saturated rings. The van der Waals surface area contributed by atoms with Gasteiger partial charge in [-0.15, -0.1) is 24.8 Å². The second-order valence-corrected chi connectivity index (χ2v) is 6.78. The van der Waals surface area contributed by atoms with Gasteiger partial charge >= 0.3 is 0 Å². The van der Waals surface area contributed by atoms with Crippen LogP contribution in [0.5, 0.6) is 0 Å². The number of imidazole rings is 1. The summed E-state index contributed by atoms with van der Waals surface area (Å²) in [7, 11) is 0. The van der Waals surface area contributed by atoms with Gasteiger partial charge in [-0.1, -0.05) is 37.3 Å². The number of hydrogen-bond acceptors (Lipinski definition) is 3. The number of benzene rings is 1. The SMILES string of the molecule is CCc1ccc(C2CNCCN2C(=O)Cc2cn3ccccc3n2)cc1.Cl.Cl. The fraction of sp³-hybridized carbons (Fsp3) is 0.333. The van der Waals surface area contributed by atoms with Crippen molar-refractivity contribution in [3.05, 3.63) is 71.7 Å². The van der Waals surface area contributed by atoms with Gasteiger partial charge in [-0.05, 0) is 29.7 Å². The molecule has 4 rings (SSSR count). The lowest BCUT2D eigenvalue weighted by Gasteiger charge is -2.36. The van der Waals surface area contributed by atoms with Gasteiger partial charge in [-0.2, -0.15) is 0 Å². The van der Waals surface area contributed by atoms with Crippen molar-refractivity contribution in [1.29, 1.82) is 0 Å². The van der Waals surface area contributed by atoms with E-state index >= 15 is 0 Å². The third-order valence-corrected chi connectivity index (χ3v) is 5.08. The minimum absolute atomic E-state index is 0. The number of piperazine rings is 1. The Morgan fingerprint density at radius 2 is 1.96 bits per heavy atom. The van der Waals surface area contributed by atoms with Crippen LogP contribution in [0.15, 0.2) is 54.9 Å². The molecule has 28 heavy (non-hydrogen) atoms. The van der Waals surface area contributed by atoms with Crippen molar-refractivity contribution in [2.75, 3.05) is 19.6 Å². The lowest BCUT2D eigenvalue weighted by Crippen LogP contribution is -2.49. The molecule has 1 amide bonds. The molecule has 1 N–H and O–H groups in total. The molecule has 0 aliphatic carbocycles. The molecule has 1 aromatic carbocycles. The van der Waals surface area contributed by atoms with E-state index in [1.54, 1.807) is 0 Å². The molecule has 5 nitrogen and oxygen atoms in total. The normalized spacial score (nSPS) is 16.3. The van der Waals surface area contributed by atoms with E-state index in [1.165, 1.54) is 11.1 Å². The van der Waals surface area contributed by atoms with Crippen molar-refractivity contribution in [2.24, 2.45) is 0 Å². The number of nitrogens with one attached hydrogen (secondary N) is 1. The van der Waals surface area contributed by atoms with E-state index in [0.717, 1.165) is 37.4 Å². The maximum Gasteiger partial charge on any atom is 0.229 e. The van der Waals surface area contributed by atoms with Crippen molar-refractivity contribution >= 4 is 36.4 Å². The zero-order valence-corrected chi connectivity index (χ0v) is 17.5. The monoisotopic (exact) mass is 420 g/mol. The van der Waals surface area contributed by atoms with E-state index in [0.29, 0.717) is 6.42 Å². The molecule has 1 saturated heterocycles. The van der Waals surface area contributed by atoms with E-state index < -0.39 is 0 Å². The van der Waals surface area contributed by atoms with E-state index in [9.17, 15) is 4.79 Å². The number of carbonyl (C=O) groups is 1. The average Bonchev–Trinajstić information content (AvgIpc) is 3.10. The molecule has 2 aromatic heterocycles. The molecule has 0 bridgehead atoms.